The third-order valence-electron chi connectivity index (χ3n) is 4.41. The van der Waals surface area contributed by atoms with E-state index >= 15 is 0 Å². The Balaban J connectivity index is 1.98. The predicted octanol–water partition coefficient (Wildman–Crippen LogP) is -0.734. The molecule has 12 heteroatoms. The Morgan fingerprint density at radius 2 is 2.04 bits per heavy atom. The number of amides is 2. The summed E-state index contributed by atoms with van der Waals surface area (Å²) in [6.45, 7) is 1.17. The minimum Gasteiger partial charge on any atom is -0.391 e. The SMILES string of the molecule is Cc1cn(CC(=O)N2CC[C@H](O)[C@H](NC(=O)CCC(F)(F)F)C2)c(=O)[nH]c1=O. The number of halogens is 3. The van der Waals surface area contributed by atoms with Gasteiger partial charge in [0.25, 0.3) is 5.56 Å². The molecular formula is C16H21F3N4O5. The van der Waals surface area contributed by atoms with Gasteiger partial charge in [-0.2, -0.15) is 13.2 Å². The number of hydrogen-bond donors (Lipinski definition) is 3. The Morgan fingerprint density at radius 1 is 1.36 bits per heavy atom. The third kappa shape index (κ3) is 5.94. The Bertz CT molecular complexity index is 848. The van der Waals surface area contributed by atoms with Crippen molar-refractivity contribution in [2.75, 3.05) is 13.1 Å². The fourth-order valence-corrected chi connectivity index (χ4v) is 2.82. The molecule has 0 aromatic carbocycles. The maximum absolute atomic E-state index is 12.4. The van der Waals surface area contributed by atoms with E-state index in [1.54, 1.807) is 0 Å². The number of aliphatic hydroxyl groups is 1. The van der Waals surface area contributed by atoms with E-state index in [0.717, 1.165) is 4.57 Å². The fourth-order valence-electron chi connectivity index (χ4n) is 2.82. The molecule has 1 aliphatic heterocycles. The highest BCUT2D eigenvalue weighted by atomic mass is 19.4. The molecule has 0 aliphatic carbocycles. The molecule has 2 rings (SSSR count). The molecule has 1 aromatic heterocycles. The summed E-state index contributed by atoms with van der Waals surface area (Å²) in [5.74, 6) is -1.36. The van der Waals surface area contributed by atoms with E-state index in [2.05, 4.69) is 10.3 Å². The average molecular weight is 406 g/mol. The van der Waals surface area contributed by atoms with E-state index in [1.165, 1.54) is 18.0 Å². The molecule has 2 atom stereocenters. The maximum atomic E-state index is 12.4. The topological polar surface area (TPSA) is 124 Å². The molecule has 1 saturated heterocycles. The lowest BCUT2D eigenvalue weighted by Crippen LogP contribution is -2.57. The smallest absolute Gasteiger partial charge is 0.389 e. The summed E-state index contributed by atoms with van der Waals surface area (Å²) in [5, 5.41) is 12.3. The van der Waals surface area contributed by atoms with Gasteiger partial charge >= 0.3 is 11.9 Å². The first kappa shape index (κ1) is 21.7. The van der Waals surface area contributed by atoms with Crippen LogP contribution in [0.2, 0.25) is 0 Å². The number of likely N-dealkylation sites (tertiary alicyclic amines) is 1. The first-order valence-corrected chi connectivity index (χ1v) is 8.58. The summed E-state index contributed by atoms with van der Waals surface area (Å²) in [7, 11) is 0. The van der Waals surface area contributed by atoms with Crippen molar-refractivity contribution in [1.82, 2.24) is 19.8 Å². The van der Waals surface area contributed by atoms with Gasteiger partial charge in [-0.15, -0.1) is 0 Å². The van der Waals surface area contributed by atoms with Gasteiger partial charge in [0, 0.05) is 31.3 Å². The Morgan fingerprint density at radius 3 is 2.68 bits per heavy atom. The van der Waals surface area contributed by atoms with Crippen LogP contribution in [-0.4, -0.2) is 62.8 Å². The van der Waals surface area contributed by atoms with Crippen molar-refractivity contribution in [1.29, 1.82) is 0 Å². The number of aliphatic hydroxyl groups excluding tert-OH is 1. The van der Waals surface area contributed by atoms with Crippen molar-refractivity contribution in [2.24, 2.45) is 0 Å². The molecular weight excluding hydrogens is 385 g/mol. The van der Waals surface area contributed by atoms with Gasteiger partial charge in [-0.1, -0.05) is 0 Å². The van der Waals surface area contributed by atoms with E-state index in [0.29, 0.717) is 0 Å². The number of aromatic amines is 1. The van der Waals surface area contributed by atoms with Crippen LogP contribution in [0.3, 0.4) is 0 Å². The van der Waals surface area contributed by atoms with Crippen molar-refractivity contribution >= 4 is 11.8 Å². The van der Waals surface area contributed by atoms with Crippen LogP contribution in [0.25, 0.3) is 0 Å². The van der Waals surface area contributed by atoms with Crippen molar-refractivity contribution in [2.45, 2.75) is 51.1 Å². The molecule has 0 spiro atoms. The summed E-state index contributed by atoms with van der Waals surface area (Å²) in [4.78, 5) is 50.6. The first-order valence-electron chi connectivity index (χ1n) is 8.58. The van der Waals surface area contributed by atoms with E-state index < -0.39 is 54.2 Å². The van der Waals surface area contributed by atoms with Crippen LogP contribution in [0.4, 0.5) is 13.2 Å². The minimum atomic E-state index is -4.47. The predicted molar refractivity (Wildman–Crippen MR) is 90.5 cm³/mol. The lowest BCUT2D eigenvalue weighted by molar-refractivity contribution is -0.145. The lowest BCUT2D eigenvalue weighted by atomic mass is 10.0. The number of aryl methyl sites for hydroxylation is 1. The highest BCUT2D eigenvalue weighted by Crippen LogP contribution is 2.21. The summed E-state index contributed by atoms with van der Waals surface area (Å²) in [6.07, 6.45) is -6.15. The molecule has 3 N–H and O–H groups in total. The molecule has 2 heterocycles. The van der Waals surface area contributed by atoms with E-state index in [9.17, 15) is 37.5 Å². The molecule has 156 valence electrons. The normalized spacial score (nSPS) is 20.1. The highest BCUT2D eigenvalue weighted by molar-refractivity contribution is 5.78. The monoisotopic (exact) mass is 406 g/mol. The third-order valence-corrected chi connectivity index (χ3v) is 4.41. The first-order chi connectivity index (χ1) is 13.0. The zero-order valence-electron chi connectivity index (χ0n) is 15.1. The number of alkyl halides is 3. The number of carbonyl (C=O) groups is 2. The molecule has 1 aliphatic rings. The summed E-state index contributed by atoms with van der Waals surface area (Å²) in [6, 6.07) is -0.910. The van der Waals surface area contributed by atoms with E-state index in [1.807, 2.05) is 0 Å². The van der Waals surface area contributed by atoms with Crippen molar-refractivity contribution in [3.63, 3.8) is 0 Å². The Kier molecular flexibility index (Phi) is 6.65. The second-order valence-electron chi connectivity index (χ2n) is 6.68. The van der Waals surface area contributed by atoms with Crippen LogP contribution in [0.5, 0.6) is 0 Å². The Labute approximate surface area is 157 Å². The number of piperidine rings is 1. The van der Waals surface area contributed by atoms with Crippen LogP contribution >= 0.6 is 0 Å². The molecule has 0 saturated carbocycles. The highest BCUT2D eigenvalue weighted by Gasteiger charge is 2.33. The molecule has 0 bridgehead atoms. The molecule has 2 amide bonds. The summed E-state index contributed by atoms with van der Waals surface area (Å²) < 4.78 is 37.6. The van der Waals surface area contributed by atoms with Crippen LogP contribution in [-0.2, 0) is 16.1 Å². The number of H-pyrrole nitrogens is 1. The second kappa shape index (κ2) is 8.59. The molecule has 28 heavy (non-hydrogen) atoms. The van der Waals surface area contributed by atoms with Crippen LogP contribution < -0.4 is 16.6 Å². The van der Waals surface area contributed by atoms with Gasteiger partial charge in [0.1, 0.15) is 6.54 Å². The summed E-state index contributed by atoms with van der Waals surface area (Å²) in [5.41, 5.74) is -1.06. The van der Waals surface area contributed by atoms with Gasteiger partial charge in [0.05, 0.1) is 18.6 Å². The van der Waals surface area contributed by atoms with Crippen molar-refractivity contribution in [3.8, 4) is 0 Å². The van der Waals surface area contributed by atoms with Gasteiger partial charge in [-0.25, -0.2) is 4.79 Å². The second-order valence-corrected chi connectivity index (χ2v) is 6.68. The number of hydrogen-bond acceptors (Lipinski definition) is 5. The van der Waals surface area contributed by atoms with Crippen molar-refractivity contribution in [3.05, 3.63) is 32.6 Å². The molecule has 9 nitrogen and oxygen atoms in total. The number of nitrogens with zero attached hydrogens (tertiary/aromatic N) is 2. The number of aromatic nitrogens is 2. The molecule has 0 radical (unpaired) electrons. The number of nitrogens with one attached hydrogen (secondary N) is 2. The molecule has 1 fully saturated rings. The lowest BCUT2D eigenvalue weighted by Gasteiger charge is -2.36. The molecule has 1 aromatic rings. The fraction of sp³-hybridized carbons (Fsp3) is 0.625. The zero-order chi connectivity index (χ0) is 21.1. The van der Waals surface area contributed by atoms with Gasteiger partial charge in [0.15, 0.2) is 0 Å². The Hall–Kier alpha value is -2.63. The van der Waals surface area contributed by atoms with E-state index in [4.69, 9.17) is 0 Å². The zero-order valence-corrected chi connectivity index (χ0v) is 15.1. The van der Waals surface area contributed by atoms with Gasteiger partial charge in [-0.05, 0) is 13.3 Å². The van der Waals surface area contributed by atoms with Crippen LogP contribution in [0.15, 0.2) is 15.8 Å². The van der Waals surface area contributed by atoms with Crippen LogP contribution in [0.1, 0.15) is 24.8 Å². The largest absolute Gasteiger partial charge is 0.391 e. The van der Waals surface area contributed by atoms with Gasteiger partial charge in [0.2, 0.25) is 11.8 Å². The molecule has 0 unspecified atom stereocenters. The summed E-state index contributed by atoms with van der Waals surface area (Å²) >= 11 is 0. The number of carbonyl (C=O) groups excluding carboxylic acids is 2. The number of rotatable bonds is 5. The van der Waals surface area contributed by atoms with Crippen LogP contribution in [0, 0.1) is 6.92 Å². The average Bonchev–Trinajstić information content (AvgIpc) is 2.59. The maximum Gasteiger partial charge on any atom is 0.389 e. The van der Waals surface area contributed by atoms with Gasteiger partial charge in [-0.3, -0.25) is 23.9 Å². The quantitative estimate of drug-likeness (QED) is 0.595. The minimum absolute atomic E-state index is 0.102. The van der Waals surface area contributed by atoms with E-state index in [-0.39, 0.29) is 31.6 Å². The van der Waals surface area contributed by atoms with Gasteiger partial charge < -0.3 is 15.3 Å². The van der Waals surface area contributed by atoms with Crippen molar-refractivity contribution < 1.29 is 27.9 Å². The standard InChI is InChI=1S/C16H21F3N4O5/c1-9-6-23(15(28)21-14(9)27)8-13(26)22-5-3-11(24)10(7-22)20-12(25)2-4-16(17,18)19/h6,10-11,24H,2-5,7-8H2,1H3,(H,20,25)(H,21,27,28)/t10-,11+/m1/s1.